The monoisotopic (exact) mass is 331 g/mol. The fourth-order valence-corrected chi connectivity index (χ4v) is 3.75. The van der Waals surface area contributed by atoms with E-state index in [4.69, 9.17) is 0 Å². The minimum absolute atomic E-state index is 0.0858. The van der Waals surface area contributed by atoms with Crippen LogP contribution in [0.4, 0.5) is 4.79 Å². The second kappa shape index (κ2) is 8.49. The van der Waals surface area contributed by atoms with Crippen molar-refractivity contribution in [1.82, 2.24) is 15.5 Å². The van der Waals surface area contributed by atoms with Gasteiger partial charge in [0.2, 0.25) is 0 Å². The van der Waals surface area contributed by atoms with Gasteiger partial charge in [-0.25, -0.2) is 4.79 Å². The molecule has 5 nitrogen and oxygen atoms in total. The fraction of sp³-hybridized carbons (Fsp3) is 0.632. The molecule has 5 heteroatoms. The number of benzene rings is 1. The number of fused-ring (bicyclic) bond motifs is 1. The zero-order valence-electron chi connectivity index (χ0n) is 14.3. The number of urea groups is 1. The first kappa shape index (κ1) is 17.2. The minimum atomic E-state index is -0.391. The van der Waals surface area contributed by atoms with Crippen molar-refractivity contribution in [1.29, 1.82) is 0 Å². The van der Waals surface area contributed by atoms with E-state index in [2.05, 4.69) is 39.8 Å². The number of carbonyl (C=O) groups is 1. The quantitative estimate of drug-likeness (QED) is 0.724. The number of nitrogens with zero attached hydrogens (tertiary/aromatic N) is 1. The fourth-order valence-electron chi connectivity index (χ4n) is 3.75. The van der Waals surface area contributed by atoms with Crippen LogP contribution < -0.4 is 10.6 Å². The summed E-state index contributed by atoms with van der Waals surface area (Å²) in [5.74, 6) is 0. The molecule has 3 N–H and O–H groups in total. The van der Waals surface area contributed by atoms with Crippen molar-refractivity contribution in [2.24, 2.45) is 0 Å². The summed E-state index contributed by atoms with van der Waals surface area (Å²) in [5.41, 5.74) is 2.90. The Bertz CT molecular complexity index is 549. The van der Waals surface area contributed by atoms with E-state index in [9.17, 15) is 9.90 Å². The van der Waals surface area contributed by atoms with Crippen LogP contribution in [0.5, 0.6) is 0 Å². The number of aliphatic hydroxyl groups is 1. The van der Waals surface area contributed by atoms with Crippen molar-refractivity contribution in [2.75, 3.05) is 19.6 Å². The maximum atomic E-state index is 11.9. The van der Waals surface area contributed by atoms with Crippen molar-refractivity contribution in [2.45, 2.75) is 57.2 Å². The highest BCUT2D eigenvalue weighted by Gasteiger charge is 2.24. The molecule has 0 bridgehead atoms. The van der Waals surface area contributed by atoms with E-state index < -0.39 is 6.10 Å². The molecular weight excluding hydrogens is 302 g/mol. The lowest BCUT2D eigenvalue weighted by Gasteiger charge is -2.29. The molecule has 132 valence electrons. The van der Waals surface area contributed by atoms with Gasteiger partial charge in [0.1, 0.15) is 0 Å². The second-order valence-corrected chi connectivity index (χ2v) is 7.01. The third-order valence-corrected chi connectivity index (χ3v) is 5.19. The second-order valence-electron chi connectivity index (χ2n) is 7.01. The summed E-state index contributed by atoms with van der Waals surface area (Å²) in [6.07, 6.45) is 5.48. The van der Waals surface area contributed by atoms with E-state index >= 15 is 0 Å². The molecule has 0 saturated heterocycles. The number of rotatable bonds is 5. The first-order chi connectivity index (χ1) is 11.7. The summed E-state index contributed by atoms with van der Waals surface area (Å²) in [5, 5.41) is 15.7. The van der Waals surface area contributed by atoms with Gasteiger partial charge in [-0.3, -0.25) is 4.90 Å². The molecule has 2 amide bonds. The molecule has 24 heavy (non-hydrogen) atoms. The highest BCUT2D eigenvalue weighted by atomic mass is 16.3. The minimum Gasteiger partial charge on any atom is -0.391 e. The lowest BCUT2D eigenvalue weighted by atomic mass is 9.93. The number of nitrogens with one attached hydrogen (secondary N) is 2. The predicted octanol–water partition coefficient (Wildman–Crippen LogP) is 2.04. The van der Waals surface area contributed by atoms with E-state index in [1.165, 1.54) is 11.1 Å². The highest BCUT2D eigenvalue weighted by molar-refractivity contribution is 5.74. The largest absolute Gasteiger partial charge is 0.391 e. The van der Waals surface area contributed by atoms with Crippen LogP contribution in [0, 0.1) is 0 Å². The van der Waals surface area contributed by atoms with Crippen molar-refractivity contribution in [3.63, 3.8) is 0 Å². The SMILES string of the molecule is O=C(NCCCN1CCc2ccccc2C1)NC1CCCCC1O. The molecular formula is C19H29N3O2. The van der Waals surface area contributed by atoms with Crippen LogP contribution in [-0.2, 0) is 13.0 Å². The van der Waals surface area contributed by atoms with Gasteiger partial charge in [0.05, 0.1) is 12.1 Å². The van der Waals surface area contributed by atoms with Crippen LogP contribution in [0.15, 0.2) is 24.3 Å². The zero-order valence-corrected chi connectivity index (χ0v) is 14.3. The summed E-state index contributed by atoms with van der Waals surface area (Å²) in [6, 6.07) is 8.41. The molecule has 1 aromatic rings. The standard InChI is InChI=1S/C19H29N3O2/c23-18-9-4-3-8-17(18)21-19(24)20-11-5-12-22-13-10-15-6-1-2-7-16(15)14-22/h1-2,6-7,17-18,23H,3-5,8-14H2,(H2,20,21,24). The smallest absolute Gasteiger partial charge is 0.315 e. The van der Waals surface area contributed by atoms with Crippen LogP contribution in [0.2, 0.25) is 0 Å². The van der Waals surface area contributed by atoms with Gasteiger partial charge in [0, 0.05) is 26.2 Å². The molecule has 1 aliphatic heterocycles. The number of aliphatic hydroxyl groups excluding tert-OH is 1. The average molecular weight is 331 g/mol. The van der Waals surface area contributed by atoms with E-state index in [1.54, 1.807) is 0 Å². The molecule has 0 aromatic heterocycles. The summed E-state index contributed by atoms with van der Waals surface area (Å²) in [6.45, 7) is 3.78. The number of amides is 2. The van der Waals surface area contributed by atoms with E-state index in [-0.39, 0.29) is 12.1 Å². The van der Waals surface area contributed by atoms with E-state index in [0.29, 0.717) is 6.54 Å². The van der Waals surface area contributed by atoms with Gasteiger partial charge in [-0.05, 0) is 36.8 Å². The van der Waals surface area contributed by atoms with Crippen LogP contribution in [0.3, 0.4) is 0 Å². The summed E-state index contributed by atoms with van der Waals surface area (Å²) in [4.78, 5) is 14.4. The molecule has 1 fully saturated rings. The van der Waals surface area contributed by atoms with Crippen molar-refractivity contribution < 1.29 is 9.90 Å². The normalized spacial score (nSPS) is 24.2. The van der Waals surface area contributed by atoms with Crippen LogP contribution in [0.25, 0.3) is 0 Å². The summed E-state index contributed by atoms with van der Waals surface area (Å²) < 4.78 is 0. The average Bonchev–Trinajstić information content (AvgIpc) is 2.60. The Hall–Kier alpha value is -1.59. The molecule has 1 heterocycles. The van der Waals surface area contributed by atoms with Gasteiger partial charge in [-0.15, -0.1) is 0 Å². The Kier molecular flexibility index (Phi) is 6.10. The number of hydrogen-bond acceptors (Lipinski definition) is 3. The molecule has 2 aliphatic rings. The first-order valence-corrected chi connectivity index (χ1v) is 9.24. The van der Waals surface area contributed by atoms with E-state index in [0.717, 1.165) is 58.2 Å². The van der Waals surface area contributed by atoms with Gasteiger partial charge in [-0.1, -0.05) is 37.1 Å². The van der Waals surface area contributed by atoms with Crippen molar-refractivity contribution in [3.8, 4) is 0 Å². The third kappa shape index (κ3) is 4.71. The molecule has 0 spiro atoms. The molecule has 2 unspecified atom stereocenters. The van der Waals surface area contributed by atoms with Crippen LogP contribution >= 0.6 is 0 Å². The van der Waals surface area contributed by atoms with E-state index in [1.807, 2.05) is 0 Å². The molecule has 2 atom stereocenters. The van der Waals surface area contributed by atoms with Gasteiger partial charge < -0.3 is 15.7 Å². The molecule has 1 aromatic carbocycles. The zero-order chi connectivity index (χ0) is 16.8. The lowest BCUT2D eigenvalue weighted by molar-refractivity contribution is 0.0943. The number of hydrogen-bond donors (Lipinski definition) is 3. The van der Waals surface area contributed by atoms with Crippen LogP contribution in [0.1, 0.15) is 43.2 Å². The van der Waals surface area contributed by atoms with Gasteiger partial charge in [-0.2, -0.15) is 0 Å². The maximum absolute atomic E-state index is 11.9. The van der Waals surface area contributed by atoms with Gasteiger partial charge >= 0.3 is 6.03 Å². The maximum Gasteiger partial charge on any atom is 0.315 e. The van der Waals surface area contributed by atoms with Gasteiger partial charge in [0.25, 0.3) is 0 Å². The number of carbonyl (C=O) groups excluding carboxylic acids is 1. The van der Waals surface area contributed by atoms with Crippen LogP contribution in [-0.4, -0.2) is 47.8 Å². The summed E-state index contributed by atoms with van der Waals surface area (Å²) in [7, 11) is 0. The Balaban J connectivity index is 1.32. The topological polar surface area (TPSA) is 64.6 Å². The van der Waals surface area contributed by atoms with Crippen molar-refractivity contribution in [3.05, 3.63) is 35.4 Å². The Morgan fingerprint density at radius 1 is 1.21 bits per heavy atom. The predicted molar refractivity (Wildman–Crippen MR) is 94.8 cm³/mol. The van der Waals surface area contributed by atoms with Crippen molar-refractivity contribution >= 4 is 6.03 Å². The molecule has 3 rings (SSSR count). The highest BCUT2D eigenvalue weighted by Crippen LogP contribution is 2.19. The molecule has 1 aliphatic carbocycles. The Morgan fingerprint density at radius 2 is 2.00 bits per heavy atom. The Morgan fingerprint density at radius 3 is 2.83 bits per heavy atom. The third-order valence-electron chi connectivity index (χ3n) is 5.19. The van der Waals surface area contributed by atoms with Gasteiger partial charge in [0.15, 0.2) is 0 Å². The molecule has 1 saturated carbocycles. The Labute approximate surface area is 144 Å². The first-order valence-electron chi connectivity index (χ1n) is 9.24. The summed E-state index contributed by atoms with van der Waals surface area (Å²) >= 11 is 0. The lowest BCUT2D eigenvalue weighted by Crippen LogP contribution is -2.49. The molecule has 0 radical (unpaired) electrons.